The Bertz CT molecular complexity index is 1080. The number of amides is 1. The number of carbonyl (C=O) groups excluding carboxylic acids is 1. The highest BCUT2D eigenvalue weighted by Crippen LogP contribution is 2.35. The number of halogens is 5. The van der Waals surface area contributed by atoms with Gasteiger partial charge in [0.05, 0.1) is 5.69 Å². The second kappa shape index (κ2) is 7.77. The van der Waals surface area contributed by atoms with Gasteiger partial charge in [-0.2, -0.15) is 18.3 Å². The molecule has 0 aliphatic carbocycles. The van der Waals surface area contributed by atoms with Crippen molar-refractivity contribution in [3.05, 3.63) is 65.4 Å². The van der Waals surface area contributed by atoms with Crippen LogP contribution >= 0.6 is 0 Å². The zero-order chi connectivity index (χ0) is 22.2. The Kier molecular flexibility index (Phi) is 5.51. The molecule has 0 atom stereocenters. The third-order valence-corrected chi connectivity index (χ3v) is 4.31. The van der Waals surface area contributed by atoms with Crippen LogP contribution in [0, 0.1) is 11.6 Å². The van der Waals surface area contributed by atoms with Crippen LogP contribution in [0.1, 0.15) is 35.9 Å². The zero-order valence-corrected chi connectivity index (χ0v) is 15.9. The molecule has 0 saturated heterocycles. The predicted octanol–water partition coefficient (Wildman–Crippen LogP) is 5.26. The van der Waals surface area contributed by atoms with Crippen LogP contribution in [0.4, 0.5) is 33.3 Å². The van der Waals surface area contributed by atoms with Crippen molar-refractivity contribution >= 4 is 17.3 Å². The van der Waals surface area contributed by atoms with E-state index >= 15 is 0 Å². The van der Waals surface area contributed by atoms with Gasteiger partial charge in [0.1, 0.15) is 17.3 Å². The monoisotopic (exact) mass is 424 g/mol. The average molecular weight is 424 g/mol. The van der Waals surface area contributed by atoms with Crippen molar-refractivity contribution in [1.82, 2.24) is 9.78 Å². The number of nitrogens with one attached hydrogen (secondary N) is 1. The first-order valence-electron chi connectivity index (χ1n) is 8.81. The SMILES string of the molecule is CC(C)n1nc(C(F)(F)F)cc1-c1ccc(C(=O)Nc2c(F)cccc2F)cc1N. The minimum absolute atomic E-state index is 0.00665. The van der Waals surface area contributed by atoms with Crippen LogP contribution in [0.15, 0.2) is 42.5 Å². The Morgan fingerprint density at radius 3 is 2.27 bits per heavy atom. The van der Waals surface area contributed by atoms with Gasteiger partial charge < -0.3 is 11.1 Å². The first-order chi connectivity index (χ1) is 14.0. The molecule has 3 N–H and O–H groups in total. The number of alkyl halides is 3. The van der Waals surface area contributed by atoms with Crippen molar-refractivity contribution in [3.63, 3.8) is 0 Å². The summed E-state index contributed by atoms with van der Waals surface area (Å²) in [6.45, 7) is 3.33. The molecule has 0 aliphatic heterocycles. The molecule has 30 heavy (non-hydrogen) atoms. The predicted molar refractivity (Wildman–Crippen MR) is 102 cm³/mol. The number of nitrogens with two attached hydrogens (primary N) is 1. The van der Waals surface area contributed by atoms with E-state index in [-0.39, 0.29) is 28.6 Å². The number of rotatable bonds is 4. The molecule has 1 aromatic heterocycles. The van der Waals surface area contributed by atoms with Gasteiger partial charge in [-0.05, 0) is 50.2 Å². The number of aromatic nitrogens is 2. The molecule has 10 heteroatoms. The number of para-hydroxylation sites is 1. The van der Waals surface area contributed by atoms with E-state index in [0.29, 0.717) is 0 Å². The highest BCUT2D eigenvalue weighted by Gasteiger charge is 2.35. The maximum atomic E-state index is 13.7. The van der Waals surface area contributed by atoms with Crippen molar-refractivity contribution in [3.8, 4) is 11.3 Å². The fourth-order valence-electron chi connectivity index (χ4n) is 2.87. The number of nitrogens with zero attached hydrogens (tertiary/aromatic N) is 2. The van der Waals surface area contributed by atoms with Gasteiger partial charge in [0.25, 0.3) is 5.91 Å². The summed E-state index contributed by atoms with van der Waals surface area (Å²) in [4.78, 5) is 12.4. The van der Waals surface area contributed by atoms with E-state index in [2.05, 4.69) is 10.4 Å². The molecular weight excluding hydrogens is 407 g/mol. The molecule has 0 saturated carbocycles. The number of hydrogen-bond donors (Lipinski definition) is 2. The van der Waals surface area contributed by atoms with E-state index in [4.69, 9.17) is 5.73 Å². The average Bonchev–Trinajstić information content (AvgIpc) is 3.10. The van der Waals surface area contributed by atoms with Gasteiger partial charge in [0, 0.05) is 22.9 Å². The summed E-state index contributed by atoms with van der Waals surface area (Å²) in [5, 5.41) is 5.73. The Morgan fingerprint density at radius 2 is 1.73 bits per heavy atom. The summed E-state index contributed by atoms with van der Waals surface area (Å²) in [5.74, 6) is -2.73. The second-order valence-electron chi connectivity index (χ2n) is 6.80. The number of anilines is 2. The van der Waals surface area contributed by atoms with Crippen LogP contribution in [0.5, 0.6) is 0 Å². The van der Waals surface area contributed by atoms with Crippen molar-refractivity contribution in [2.24, 2.45) is 0 Å². The van der Waals surface area contributed by atoms with Gasteiger partial charge in [-0.25, -0.2) is 8.78 Å². The van der Waals surface area contributed by atoms with E-state index in [9.17, 15) is 26.7 Å². The van der Waals surface area contributed by atoms with Crippen LogP contribution in [-0.2, 0) is 6.18 Å². The summed E-state index contributed by atoms with van der Waals surface area (Å²) >= 11 is 0. The topological polar surface area (TPSA) is 72.9 Å². The largest absolute Gasteiger partial charge is 0.435 e. The molecule has 0 fully saturated rings. The maximum absolute atomic E-state index is 13.7. The van der Waals surface area contributed by atoms with E-state index in [1.807, 2.05) is 0 Å². The van der Waals surface area contributed by atoms with Crippen molar-refractivity contribution in [2.45, 2.75) is 26.1 Å². The first-order valence-corrected chi connectivity index (χ1v) is 8.81. The standard InChI is InChI=1S/C20H17F5N4O/c1-10(2)29-16(9-17(28-29)20(23,24)25)12-7-6-11(8-15(12)26)19(30)27-18-13(21)4-3-5-14(18)22/h3-10H,26H2,1-2H3,(H,27,30). The van der Waals surface area contributed by atoms with Crippen molar-refractivity contribution in [2.75, 3.05) is 11.1 Å². The Morgan fingerprint density at radius 1 is 1.10 bits per heavy atom. The number of carbonyl (C=O) groups is 1. The fourth-order valence-corrected chi connectivity index (χ4v) is 2.87. The Balaban J connectivity index is 1.96. The summed E-state index contributed by atoms with van der Waals surface area (Å²) in [6, 6.07) is 7.49. The Hall–Kier alpha value is -3.43. The molecule has 3 rings (SSSR count). The molecule has 1 heterocycles. The van der Waals surface area contributed by atoms with E-state index in [1.165, 1.54) is 22.9 Å². The lowest BCUT2D eigenvalue weighted by Gasteiger charge is -2.14. The zero-order valence-electron chi connectivity index (χ0n) is 15.9. The van der Waals surface area contributed by atoms with Crippen LogP contribution in [-0.4, -0.2) is 15.7 Å². The molecule has 158 valence electrons. The van der Waals surface area contributed by atoms with Gasteiger partial charge in [-0.3, -0.25) is 9.48 Å². The molecule has 0 radical (unpaired) electrons. The van der Waals surface area contributed by atoms with Gasteiger partial charge in [-0.1, -0.05) is 6.07 Å². The third kappa shape index (κ3) is 4.12. The first kappa shape index (κ1) is 21.3. The van der Waals surface area contributed by atoms with Gasteiger partial charge in [0.15, 0.2) is 5.69 Å². The normalized spacial score (nSPS) is 11.7. The molecule has 0 bridgehead atoms. The summed E-state index contributed by atoms with van der Waals surface area (Å²) in [5.41, 5.74) is 4.65. The molecule has 0 unspecified atom stereocenters. The van der Waals surface area contributed by atoms with Gasteiger partial charge >= 0.3 is 6.18 Å². The van der Waals surface area contributed by atoms with E-state index in [0.717, 1.165) is 24.3 Å². The third-order valence-electron chi connectivity index (χ3n) is 4.31. The lowest BCUT2D eigenvalue weighted by molar-refractivity contribution is -0.141. The molecule has 1 amide bonds. The fraction of sp³-hybridized carbons (Fsp3) is 0.200. The highest BCUT2D eigenvalue weighted by molar-refractivity contribution is 6.05. The highest BCUT2D eigenvalue weighted by atomic mass is 19.4. The van der Waals surface area contributed by atoms with Crippen LogP contribution in [0.2, 0.25) is 0 Å². The van der Waals surface area contributed by atoms with Crippen molar-refractivity contribution < 1.29 is 26.7 Å². The van der Waals surface area contributed by atoms with E-state index < -0.39 is 35.1 Å². The molecule has 5 nitrogen and oxygen atoms in total. The number of benzene rings is 2. The van der Waals surface area contributed by atoms with Crippen molar-refractivity contribution in [1.29, 1.82) is 0 Å². The van der Waals surface area contributed by atoms with Gasteiger partial charge in [-0.15, -0.1) is 0 Å². The second-order valence-corrected chi connectivity index (χ2v) is 6.80. The molecule has 0 spiro atoms. The number of nitrogen functional groups attached to an aromatic ring is 1. The van der Waals surface area contributed by atoms with Crippen LogP contribution in [0.3, 0.4) is 0 Å². The van der Waals surface area contributed by atoms with Crippen LogP contribution < -0.4 is 11.1 Å². The lowest BCUT2D eigenvalue weighted by atomic mass is 10.0. The number of hydrogen-bond acceptors (Lipinski definition) is 3. The molecule has 2 aromatic carbocycles. The lowest BCUT2D eigenvalue weighted by Crippen LogP contribution is -2.15. The molecule has 0 aliphatic rings. The Labute approximate surface area is 168 Å². The minimum Gasteiger partial charge on any atom is -0.398 e. The van der Waals surface area contributed by atoms with Gasteiger partial charge in [0.2, 0.25) is 0 Å². The quantitative estimate of drug-likeness (QED) is 0.443. The molecule has 3 aromatic rings. The smallest absolute Gasteiger partial charge is 0.398 e. The maximum Gasteiger partial charge on any atom is 0.435 e. The summed E-state index contributed by atoms with van der Waals surface area (Å²) < 4.78 is 67.9. The molecular formula is C20H17F5N4O. The van der Waals surface area contributed by atoms with Crippen LogP contribution in [0.25, 0.3) is 11.3 Å². The summed E-state index contributed by atoms with van der Waals surface area (Å²) in [7, 11) is 0. The summed E-state index contributed by atoms with van der Waals surface area (Å²) in [6.07, 6.45) is -4.63. The van der Waals surface area contributed by atoms with E-state index in [1.54, 1.807) is 13.8 Å². The minimum atomic E-state index is -4.63.